The molecular formula is C16H18ClFN2. The molecule has 0 bridgehead atoms. The molecule has 1 unspecified atom stereocenters. The highest BCUT2D eigenvalue weighted by atomic mass is 35.5. The van der Waals surface area contributed by atoms with Gasteiger partial charge in [-0.05, 0) is 36.8 Å². The minimum atomic E-state index is -0.224. The lowest BCUT2D eigenvalue weighted by molar-refractivity contribution is 0.626. The van der Waals surface area contributed by atoms with E-state index in [2.05, 4.69) is 5.32 Å². The highest BCUT2D eigenvalue weighted by Crippen LogP contribution is 2.34. The van der Waals surface area contributed by atoms with Crippen molar-refractivity contribution in [2.75, 3.05) is 24.3 Å². The van der Waals surface area contributed by atoms with Crippen molar-refractivity contribution in [3.63, 3.8) is 0 Å². The standard InChI is InChI=1S/C16H18ClFN2/c1-11(12-7-9-13(18)10-8-12)19-15-6-4-5-14(17)16(15)20(2)3/h4-11,19H,1-3H3. The summed E-state index contributed by atoms with van der Waals surface area (Å²) in [7, 11) is 3.91. The van der Waals surface area contributed by atoms with E-state index in [4.69, 9.17) is 11.6 Å². The van der Waals surface area contributed by atoms with Crippen LogP contribution in [0, 0.1) is 5.82 Å². The molecule has 0 spiro atoms. The maximum absolute atomic E-state index is 13.0. The van der Waals surface area contributed by atoms with Gasteiger partial charge in [-0.2, -0.15) is 0 Å². The molecule has 0 aliphatic rings. The molecule has 0 aliphatic heterocycles. The number of rotatable bonds is 4. The largest absolute Gasteiger partial charge is 0.377 e. The zero-order valence-electron chi connectivity index (χ0n) is 11.8. The lowest BCUT2D eigenvalue weighted by Crippen LogP contribution is -2.14. The molecule has 0 fully saturated rings. The number of nitrogens with zero attached hydrogens (tertiary/aromatic N) is 1. The van der Waals surface area contributed by atoms with Gasteiger partial charge in [0, 0.05) is 20.1 Å². The Bertz CT molecular complexity index is 582. The quantitative estimate of drug-likeness (QED) is 0.877. The average molecular weight is 293 g/mol. The van der Waals surface area contributed by atoms with Gasteiger partial charge in [-0.15, -0.1) is 0 Å². The maximum atomic E-state index is 13.0. The molecule has 0 aromatic heterocycles. The number of halogens is 2. The summed E-state index contributed by atoms with van der Waals surface area (Å²) < 4.78 is 13.0. The van der Waals surface area contributed by atoms with Crippen LogP contribution < -0.4 is 10.2 Å². The molecule has 1 atom stereocenters. The Morgan fingerprint density at radius 2 is 1.75 bits per heavy atom. The number of hydrogen-bond donors (Lipinski definition) is 1. The van der Waals surface area contributed by atoms with Crippen LogP contribution >= 0.6 is 11.6 Å². The third-order valence-corrected chi connectivity index (χ3v) is 3.48. The first-order valence-corrected chi connectivity index (χ1v) is 6.84. The smallest absolute Gasteiger partial charge is 0.123 e. The Hall–Kier alpha value is -1.74. The zero-order valence-corrected chi connectivity index (χ0v) is 12.6. The second kappa shape index (κ2) is 6.14. The molecule has 0 aliphatic carbocycles. The Balaban J connectivity index is 2.26. The second-order valence-corrected chi connectivity index (χ2v) is 5.36. The van der Waals surface area contributed by atoms with Gasteiger partial charge in [0.05, 0.1) is 16.4 Å². The lowest BCUT2D eigenvalue weighted by Gasteiger charge is -2.23. The fraction of sp³-hybridized carbons (Fsp3) is 0.250. The van der Waals surface area contributed by atoms with E-state index in [9.17, 15) is 4.39 Å². The minimum Gasteiger partial charge on any atom is -0.377 e. The van der Waals surface area contributed by atoms with E-state index in [-0.39, 0.29) is 11.9 Å². The average Bonchev–Trinajstić information content (AvgIpc) is 2.39. The Kier molecular flexibility index (Phi) is 4.50. The van der Waals surface area contributed by atoms with Crippen LogP contribution in [0.5, 0.6) is 0 Å². The van der Waals surface area contributed by atoms with Gasteiger partial charge < -0.3 is 10.2 Å². The highest BCUT2D eigenvalue weighted by molar-refractivity contribution is 6.34. The second-order valence-electron chi connectivity index (χ2n) is 4.95. The molecule has 1 N–H and O–H groups in total. The van der Waals surface area contributed by atoms with Crippen LogP contribution in [0.1, 0.15) is 18.5 Å². The SMILES string of the molecule is CC(Nc1cccc(Cl)c1N(C)C)c1ccc(F)cc1. The van der Waals surface area contributed by atoms with Gasteiger partial charge in [-0.25, -0.2) is 4.39 Å². The predicted molar refractivity (Wildman–Crippen MR) is 84.2 cm³/mol. The first kappa shape index (κ1) is 14.7. The summed E-state index contributed by atoms with van der Waals surface area (Å²) in [6.07, 6.45) is 0. The normalized spacial score (nSPS) is 12.1. The van der Waals surface area contributed by atoms with E-state index < -0.39 is 0 Å². The van der Waals surface area contributed by atoms with E-state index >= 15 is 0 Å². The monoisotopic (exact) mass is 292 g/mol. The lowest BCUT2D eigenvalue weighted by atomic mass is 10.1. The molecule has 2 nitrogen and oxygen atoms in total. The van der Waals surface area contributed by atoms with Gasteiger partial charge in [0.25, 0.3) is 0 Å². The van der Waals surface area contributed by atoms with Crippen LogP contribution in [0.25, 0.3) is 0 Å². The summed E-state index contributed by atoms with van der Waals surface area (Å²) in [6.45, 7) is 2.04. The van der Waals surface area contributed by atoms with Crippen LogP contribution in [0.2, 0.25) is 5.02 Å². The number of para-hydroxylation sites is 1. The van der Waals surface area contributed by atoms with Crippen molar-refractivity contribution >= 4 is 23.0 Å². The number of benzene rings is 2. The molecule has 0 heterocycles. The molecule has 4 heteroatoms. The fourth-order valence-corrected chi connectivity index (χ4v) is 2.50. The summed E-state index contributed by atoms with van der Waals surface area (Å²) in [5, 5.41) is 4.12. The topological polar surface area (TPSA) is 15.3 Å². The molecule has 0 amide bonds. The van der Waals surface area contributed by atoms with Gasteiger partial charge in [0.1, 0.15) is 5.82 Å². The molecule has 0 radical (unpaired) electrons. The highest BCUT2D eigenvalue weighted by Gasteiger charge is 2.12. The molecule has 0 saturated carbocycles. The number of anilines is 2. The first-order valence-electron chi connectivity index (χ1n) is 6.47. The van der Waals surface area contributed by atoms with Gasteiger partial charge in [-0.3, -0.25) is 0 Å². The van der Waals surface area contributed by atoms with E-state index in [1.54, 1.807) is 12.1 Å². The molecule has 2 aromatic rings. The van der Waals surface area contributed by atoms with Crippen molar-refractivity contribution in [1.82, 2.24) is 0 Å². The van der Waals surface area contributed by atoms with Crippen molar-refractivity contribution in [3.8, 4) is 0 Å². The fourth-order valence-electron chi connectivity index (χ4n) is 2.15. The van der Waals surface area contributed by atoms with Crippen LogP contribution in [-0.4, -0.2) is 14.1 Å². The Morgan fingerprint density at radius 1 is 1.10 bits per heavy atom. The molecular weight excluding hydrogens is 275 g/mol. The van der Waals surface area contributed by atoms with Crippen LogP contribution in [0.15, 0.2) is 42.5 Å². The van der Waals surface area contributed by atoms with E-state index in [1.165, 1.54) is 12.1 Å². The summed E-state index contributed by atoms with van der Waals surface area (Å²) in [5.41, 5.74) is 2.93. The van der Waals surface area contributed by atoms with Gasteiger partial charge in [-0.1, -0.05) is 29.8 Å². The summed E-state index contributed by atoms with van der Waals surface area (Å²) in [4.78, 5) is 1.97. The van der Waals surface area contributed by atoms with Crippen molar-refractivity contribution in [3.05, 3.63) is 58.9 Å². The molecule has 2 rings (SSSR count). The van der Waals surface area contributed by atoms with E-state index in [0.29, 0.717) is 5.02 Å². The third-order valence-electron chi connectivity index (χ3n) is 3.18. The Morgan fingerprint density at radius 3 is 2.35 bits per heavy atom. The molecule has 106 valence electrons. The molecule has 2 aromatic carbocycles. The van der Waals surface area contributed by atoms with Gasteiger partial charge in [0.2, 0.25) is 0 Å². The van der Waals surface area contributed by atoms with Gasteiger partial charge >= 0.3 is 0 Å². The summed E-state index contributed by atoms with van der Waals surface area (Å²) >= 11 is 6.24. The molecule has 0 saturated heterocycles. The summed E-state index contributed by atoms with van der Waals surface area (Å²) in [6, 6.07) is 12.3. The van der Waals surface area contributed by atoms with Crippen molar-refractivity contribution in [1.29, 1.82) is 0 Å². The minimum absolute atomic E-state index is 0.0627. The molecule has 20 heavy (non-hydrogen) atoms. The van der Waals surface area contributed by atoms with Crippen molar-refractivity contribution in [2.24, 2.45) is 0 Å². The maximum Gasteiger partial charge on any atom is 0.123 e. The van der Waals surface area contributed by atoms with E-state index in [1.807, 2.05) is 44.1 Å². The Labute approximate surface area is 124 Å². The number of nitrogens with one attached hydrogen (secondary N) is 1. The van der Waals surface area contributed by atoms with Gasteiger partial charge in [0.15, 0.2) is 0 Å². The van der Waals surface area contributed by atoms with Crippen molar-refractivity contribution < 1.29 is 4.39 Å². The van der Waals surface area contributed by atoms with Crippen LogP contribution in [-0.2, 0) is 0 Å². The summed E-state index contributed by atoms with van der Waals surface area (Å²) in [5.74, 6) is -0.224. The van der Waals surface area contributed by atoms with Crippen LogP contribution in [0.4, 0.5) is 15.8 Å². The first-order chi connectivity index (χ1) is 9.49. The third kappa shape index (κ3) is 3.23. The van der Waals surface area contributed by atoms with Crippen LogP contribution in [0.3, 0.4) is 0 Å². The number of hydrogen-bond acceptors (Lipinski definition) is 2. The predicted octanol–water partition coefficient (Wildman–Crippen LogP) is 4.72. The van der Waals surface area contributed by atoms with E-state index in [0.717, 1.165) is 16.9 Å². The zero-order chi connectivity index (χ0) is 14.7. The van der Waals surface area contributed by atoms with Crippen molar-refractivity contribution in [2.45, 2.75) is 13.0 Å².